The first-order valence-corrected chi connectivity index (χ1v) is 7.97. The molecule has 2 aromatic heterocycles. The van der Waals surface area contributed by atoms with Gasteiger partial charge in [-0.1, -0.05) is 19.9 Å². The zero-order valence-electron chi connectivity index (χ0n) is 13.5. The third-order valence-electron chi connectivity index (χ3n) is 4.62. The lowest BCUT2D eigenvalue weighted by Crippen LogP contribution is -2.61. The maximum absolute atomic E-state index is 14.3. The molecule has 1 atom stereocenters. The number of nitrogens with zero attached hydrogens (tertiary/aromatic N) is 3. The molecule has 0 bridgehead atoms. The molecule has 8 heteroatoms. The molecule has 0 unspecified atom stereocenters. The normalized spacial score (nSPS) is 18.4. The van der Waals surface area contributed by atoms with Crippen molar-refractivity contribution in [2.24, 2.45) is 5.92 Å². The van der Waals surface area contributed by atoms with Crippen molar-refractivity contribution in [3.63, 3.8) is 0 Å². The number of hydrogen-bond donors (Lipinski definition) is 2. The van der Waals surface area contributed by atoms with Crippen LogP contribution in [0.25, 0.3) is 5.65 Å². The molecule has 2 N–H and O–H groups in total. The Hall–Kier alpha value is -2.09. The number of alkyl halides is 2. The first-order chi connectivity index (χ1) is 11.3. The molecule has 130 valence electrons. The van der Waals surface area contributed by atoms with E-state index in [1.807, 2.05) is 0 Å². The molecule has 0 radical (unpaired) electrons. The predicted molar refractivity (Wildman–Crippen MR) is 82.5 cm³/mol. The molecule has 0 aromatic carbocycles. The number of rotatable bonds is 5. The number of nitrogens with one attached hydrogen (secondary N) is 1. The van der Waals surface area contributed by atoms with Gasteiger partial charge >= 0.3 is 5.92 Å². The van der Waals surface area contributed by atoms with Gasteiger partial charge in [0.25, 0.3) is 5.91 Å². The molecule has 1 amide bonds. The summed E-state index contributed by atoms with van der Waals surface area (Å²) in [6.45, 7) is 3.59. The Morgan fingerprint density at radius 1 is 1.38 bits per heavy atom. The largest absolute Gasteiger partial charge is 0.383 e. The zero-order valence-corrected chi connectivity index (χ0v) is 13.5. The van der Waals surface area contributed by atoms with Crippen LogP contribution in [0, 0.1) is 5.92 Å². The van der Waals surface area contributed by atoms with E-state index in [0.29, 0.717) is 17.9 Å². The summed E-state index contributed by atoms with van der Waals surface area (Å²) in [4.78, 5) is 12.2. The molecule has 0 aliphatic heterocycles. The zero-order chi connectivity index (χ0) is 17.5. The number of aromatic nitrogens is 3. The van der Waals surface area contributed by atoms with Gasteiger partial charge in [0.2, 0.25) is 0 Å². The van der Waals surface area contributed by atoms with Crippen LogP contribution < -0.4 is 5.32 Å². The maximum Gasteiger partial charge on any atom is 0.352 e. The Bertz CT molecular complexity index is 755. The summed E-state index contributed by atoms with van der Waals surface area (Å²) < 4.78 is 30.3. The molecule has 0 spiro atoms. The van der Waals surface area contributed by atoms with Gasteiger partial charge in [-0.25, -0.2) is 0 Å². The Morgan fingerprint density at radius 3 is 2.67 bits per heavy atom. The van der Waals surface area contributed by atoms with Gasteiger partial charge in [-0.15, -0.1) is 10.2 Å². The first-order valence-electron chi connectivity index (χ1n) is 7.97. The molecule has 6 nitrogen and oxygen atoms in total. The Morgan fingerprint density at radius 2 is 2.08 bits per heavy atom. The van der Waals surface area contributed by atoms with Gasteiger partial charge < -0.3 is 10.4 Å². The highest BCUT2D eigenvalue weighted by molar-refractivity contribution is 5.85. The lowest BCUT2D eigenvalue weighted by Gasteiger charge is -2.42. The van der Waals surface area contributed by atoms with Gasteiger partial charge in [-0.2, -0.15) is 8.78 Å². The monoisotopic (exact) mass is 338 g/mol. The van der Waals surface area contributed by atoms with E-state index < -0.39 is 23.5 Å². The van der Waals surface area contributed by atoms with Crippen molar-refractivity contribution in [2.45, 2.75) is 50.7 Å². The van der Waals surface area contributed by atoms with Crippen molar-refractivity contribution in [3.05, 3.63) is 30.2 Å². The summed E-state index contributed by atoms with van der Waals surface area (Å²) in [7, 11) is 0. The average Bonchev–Trinajstić information content (AvgIpc) is 2.93. The molecule has 1 fully saturated rings. The molecule has 3 rings (SSSR count). The number of carbonyl (C=O) groups excluding carboxylic acids is 1. The predicted octanol–water partition coefficient (Wildman–Crippen LogP) is 2.09. The van der Waals surface area contributed by atoms with Gasteiger partial charge in [-0.3, -0.25) is 9.20 Å². The van der Waals surface area contributed by atoms with Crippen molar-refractivity contribution >= 4 is 11.6 Å². The van der Waals surface area contributed by atoms with Crippen molar-refractivity contribution in [3.8, 4) is 0 Å². The van der Waals surface area contributed by atoms with E-state index >= 15 is 0 Å². The summed E-state index contributed by atoms with van der Waals surface area (Å²) in [6, 6.07) is 4.55. The standard InChI is InChI=1S/C16H20F2N4O2/c1-10(2)12(13-21-20-11-6-3-4-9-22(11)13)19-14(23)16(17,18)15(24)7-5-8-15/h3-4,6,9-10,12,24H,5,7-8H2,1-2H3,(H,19,23)/t12-/m1/s1. The SMILES string of the molecule is CC(C)[C@@H](NC(=O)C(F)(F)C1(O)CCC1)c1nnc2ccccn12. The summed E-state index contributed by atoms with van der Waals surface area (Å²) >= 11 is 0. The van der Waals surface area contributed by atoms with Gasteiger partial charge in [-0.05, 0) is 37.3 Å². The molecule has 0 saturated heterocycles. The molecule has 2 heterocycles. The minimum absolute atomic E-state index is 0.0758. The van der Waals surface area contributed by atoms with Crippen LogP contribution in [0.15, 0.2) is 24.4 Å². The van der Waals surface area contributed by atoms with Gasteiger partial charge in [0.1, 0.15) is 5.60 Å². The minimum Gasteiger partial charge on any atom is -0.383 e. The van der Waals surface area contributed by atoms with Crippen LogP contribution in [0.5, 0.6) is 0 Å². The smallest absolute Gasteiger partial charge is 0.352 e. The molecular weight excluding hydrogens is 318 g/mol. The number of pyridine rings is 1. The van der Waals surface area contributed by atoms with Crippen LogP contribution in [0.1, 0.15) is 45.0 Å². The van der Waals surface area contributed by atoms with E-state index in [1.165, 1.54) is 0 Å². The molecule has 1 aliphatic carbocycles. The number of fused-ring (bicyclic) bond motifs is 1. The highest BCUT2D eigenvalue weighted by Crippen LogP contribution is 2.44. The van der Waals surface area contributed by atoms with Crippen LogP contribution in [-0.2, 0) is 4.79 Å². The van der Waals surface area contributed by atoms with Gasteiger partial charge in [0.05, 0.1) is 6.04 Å². The molecule has 24 heavy (non-hydrogen) atoms. The second-order valence-corrected chi connectivity index (χ2v) is 6.64. The Kier molecular flexibility index (Phi) is 4.03. The number of aliphatic hydroxyl groups is 1. The Labute approximate surface area is 137 Å². The van der Waals surface area contributed by atoms with Crippen molar-refractivity contribution < 1.29 is 18.7 Å². The number of amides is 1. The summed E-state index contributed by atoms with van der Waals surface area (Å²) in [5.41, 5.74) is -1.68. The van der Waals surface area contributed by atoms with Crippen LogP contribution >= 0.6 is 0 Å². The van der Waals surface area contributed by atoms with E-state index in [0.717, 1.165) is 0 Å². The van der Waals surface area contributed by atoms with E-state index in [4.69, 9.17) is 0 Å². The first kappa shape index (κ1) is 16.8. The fourth-order valence-electron chi connectivity index (χ4n) is 2.87. The van der Waals surface area contributed by atoms with Crippen LogP contribution in [0.2, 0.25) is 0 Å². The fraction of sp³-hybridized carbons (Fsp3) is 0.562. The molecule has 1 aliphatic rings. The quantitative estimate of drug-likeness (QED) is 0.875. The highest BCUT2D eigenvalue weighted by atomic mass is 19.3. The second-order valence-electron chi connectivity index (χ2n) is 6.64. The van der Waals surface area contributed by atoms with E-state index in [1.54, 1.807) is 42.6 Å². The van der Waals surface area contributed by atoms with E-state index in [-0.39, 0.29) is 18.8 Å². The lowest BCUT2D eigenvalue weighted by molar-refractivity contribution is -0.216. The van der Waals surface area contributed by atoms with Crippen LogP contribution in [0.3, 0.4) is 0 Å². The summed E-state index contributed by atoms with van der Waals surface area (Å²) in [5.74, 6) is -5.12. The topological polar surface area (TPSA) is 79.5 Å². The maximum atomic E-state index is 14.3. The number of carbonyl (C=O) groups is 1. The van der Waals surface area contributed by atoms with Gasteiger partial charge in [0.15, 0.2) is 11.5 Å². The summed E-state index contributed by atoms with van der Waals surface area (Å²) in [5, 5.41) is 20.3. The minimum atomic E-state index is -3.83. The van der Waals surface area contributed by atoms with Crippen molar-refractivity contribution in [1.29, 1.82) is 0 Å². The fourth-order valence-corrected chi connectivity index (χ4v) is 2.87. The van der Waals surface area contributed by atoms with Crippen molar-refractivity contribution in [1.82, 2.24) is 19.9 Å². The second kappa shape index (κ2) is 5.77. The molecule has 1 saturated carbocycles. The lowest BCUT2D eigenvalue weighted by atomic mass is 9.75. The third kappa shape index (κ3) is 2.54. The third-order valence-corrected chi connectivity index (χ3v) is 4.62. The van der Waals surface area contributed by atoms with Crippen LogP contribution in [-0.4, -0.2) is 37.1 Å². The number of hydrogen-bond acceptors (Lipinski definition) is 4. The van der Waals surface area contributed by atoms with Gasteiger partial charge in [0, 0.05) is 6.20 Å². The van der Waals surface area contributed by atoms with E-state index in [9.17, 15) is 18.7 Å². The van der Waals surface area contributed by atoms with E-state index in [2.05, 4.69) is 15.5 Å². The molecular formula is C16H20F2N4O2. The Balaban J connectivity index is 1.88. The van der Waals surface area contributed by atoms with Crippen molar-refractivity contribution in [2.75, 3.05) is 0 Å². The van der Waals surface area contributed by atoms with Crippen LogP contribution in [0.4, 0.5) is 8.78 Å². The highest BCUT2D eigenvalue weighted by Gasteiger charge is 2.61. The number of halogens is 2. The summed E-state index contributed by atoms with van der Waals surface area (Å²) in [6.07, 6.45) is 2.05. The average molecular weight is 338 g/mol. The molecule has 2 aromatic rings.